The fourth-order valence-corrected chi connectivity index (χ4v) is 3.41. The van der Waals surface area contributed by atoms with E-state index in [-0.39, 0.29) is 11.1 Å². The van der Waals surface area contributed by atoms with Gasteiger partial charge in [-0.15, -0.1) is 0 Å². The summed E-state index contributed by atoms with van der Waals surface area (Å²) in [4.78, 5) is 6.86. The normalized spacial score (nSPS) is 13.3. The maximum Gasteiger partial charge on any atom is 0.258 e. The van der Waals surface area contributed by atoms with Crippen LogP contribution in [0.5, 0.6) is 0 Å². The van der Waals surface area contributed by atoms with E-state index in [9.17, 15) is 8.42 Å². The first kappa shape index (κ1) is 15.7. The number of nitrogens with one attached hydrogen (secondary N) is 2. The Morgan fingerprint density at radius 2 is 2.05 bits per heavy atom. The number of hydrogen-bond donors (Lipinski definition) is 2. The summed E-state index contributed by atoms with van der Waals surface area (Å²) in [6, 6.07) is 5.72. The molecule has 0 aliphatic rings. The van der Waals surface area contributed by atoms with Crippen molar-refractivity contribution in [3.05, 3.63) is 46.9 Å². The van der Waals surface area contributed by atoms with Gasteiger partial charge in [0.1, 0.15) is 5.82 Å². The number of imidazole rings is 1. The molecule has 0 saturated carbocycles. The van der Waals surface area contributed by atoms with Gasteiger partial charge in [-0.2, -0.15) is 0 Å². The highest BCUT2D eigenvalue weighted by Crippen LogP contribution is 2.21. The Labute approximate surface area is 125 Å². The lowest BCUT2D eigenvalue weighted by molar-refractivity contribution is 0.563. The summed E-state index contributed by atoms with van der Waals surface area (Å²) in [6.45, 7) is 7.73. The van der Waals surface area contributed by atoms with Crippen LogP contribution in [0.15, 0.2) is 29.4 Å². The number of aromatic amines is 1. The Morgan fingerprint density at radius 1 is 1.33 bits per heavy atom. The number of nitrogens with zero attached hydrogens (tertiary/aromatic N) is 1. The van der Waals surface area contributed by atoms with E-state index in [1.807, 2.05) is 45.9 Å². The molecular formula is C15H21N3O2S. The van der Waals surface area contributed by atoms with Gasteiger partial charge >= 0.3 is 0 Å². The van der Waals surface area contributed by atoms with Gasteiger partial charge in [0, 0.05) is 12.5 Å². The number of H-pyrrole nitrogens is 1. The lowest BCUT2D eigenvalue weighted by Gasteiger charge is -2.16. The third-order valence-corrected chi connectivity index (χ3v) is 4.91. The first-order valence-electron chi connectivity index (χ1n) is 6.97. The molecule has 0 amide bonds. The monoisotopic (exact) mass is 307 g/mol. The fourth-order valence-electron chi connectivity index (χ4n) is 2.25. The van der Waals surface area contributed by atoms with Crippen LogP contribution in [0.3, 0.4) is 0 Å². The highest BCUT2D eigenvalue weighted by atomic mass is 32.2. The lowest BCUT2D eigenvalue weighted by Crippen LogP contribution is -2.27. The van der Waals surface area contributed by atoms with E-state index >= 15 is 0 Å². The third-order valence-electron chi connectivity index (χ3n) is 3.46. The second-order valence-electron chi connectivity index (χ2n) is 5.25. The summed E-state index contributed by atoms with van der Waals surface area (Å²) in [6.07, 6.45) is 2.03. The molecule has 1 aromatic carbocycles. The van der Waals surface area contributed by atoms with Gasteiger partial charge in [-0.1, -0.05) is 30.7 Å². The fraction of sp³-hybridized carbons (Fsp3) is 0.400. The average Bonchev–Trinajstić information content (AvgIpc) is 2.90. The van der Waals surface area contributed by atoms with Crippen LogP contribution in [0.1, 0.15) is 42.4 Å². The van der Waals surface area contributed by atoms with E-state index in [2.05, 4.69) is 14.7 Å². The molecule has 0 spiro atoms. The largest absolute Gasteiger partial charge is 0.332 e. The first-order valence-corrected chi connectivity index (χ1v) is 8.45. The number of aromatic nitrogens is 2. The van der Waals surface area contributed by atoms with Crippen LogP contribution < -0.4 is 4.72 Å². The Morgan fingerprint density at radius 3 is 2.67 bits per heavy atom. The van der Waals surface area contributed by atoms with Crippen LogP contribution in [-0.2, 0) is 16.4 Å². The molecule has 0 aliphatic carbocycles. The van der Waals surface area contributed by atoms with Crippen LogP contribution >= 0.6 is 0 Å². The van der Waals surface area contributed by atoms with Gasteiger partial charge in [-0.3, -0.25) is 0 Å². The molecular weight excluding hydrogens is 286 g/mol. The second-order valence-corrected chi connectivity index (χ2v) is 6.93. The van der Waals surface area contributed by atoms with Crippen molar-refractivity contribution in [2.45, 2.75) is 45.2 Å². The molecule has 1 atom stereocenters. The van der Waals surface area contributed by atoms with E-state index in [0.717, 1.165) is 16.7 Å². The molecule has 2 rings (SSSR count). The van der Waals surface area contributed by atoms with Crippen molar-refractivity contribution < 1.29 is 8.42 Å². The Hall–Kier alpha value is -1.66. The van der Waals surface area contributed by atoms with Crippen molar-refractivity contribution in [1.82, 2.24) is 14.7 Å². The van der Waals surface area contributed by atoms with Gasteiger partial charge in [-0.25, -0.2) is 18.1 Å². The quantitative estimate of drug-likeness (QED) is 0.891. The van der Waals surface area contributed by atoms with Crippen molar-refractivity contribution in [2.75, 3.05) is 0 Å². The lowest BCUT2D eigenvalue weighted by atomic mass is 10.0. The highest BCUT2D eigenvalue weighted by molar-refractivity contribution is 7.89. The van der Waals surface area contributed by atoms with Gasteiger partial charge < -0.3 is 4.98 Å². The number of rotatable bonds is 5. The molecule has 114 valence electrons. The first-order chi connectivity index (χ1) is 9.83. The van der Waals surface area contributed by atoms with Crippen molar-refractivity contribution in [2.24, 2.45) is 0 Å². The van der Waals surface area contributed by atoms with Crippen molar-refractivity contribution in [3.8, 4) is 0 Å². The maximum atomic E-state index is 12.4. The topological polar surface area (TPSA) is 74.8 Å². The molecule has 1 heterocycles. The molecule has 0 aliphatic heterocycles. The number of sulfonamides is 1. The van der Waals surface area contributed by atoms with Gasteiger partial charge in [0.05, 0.1) is 6.20 Å². The molecule has 6 heteroatoms. The molecule has 1 unspecified atom stereocenters. The Bertz CT molecular complexity index is 735. The number of benzene rings is 1. The number of hydrogen-bond acceptors (Lipinski definition) is 3. The predicted molar refractivity (Wildman–Crippen MR) is 82.6 cm³/mol. The van der Waals surface area contributed by atoms with Crippen molar-refractivity contribution in [3.63, 3.8) is 0 Å². The average molecular weight is 307 g/mol. The van der Waals surface area contributed by atoms with Crippen LogP contribution in [-0.4, -0.2) is 18.4 Å². The van der Waals surface area contributed by atoms with E-state index < -0.39 is 10.0 Å². The molecule has 21 heavy (non-hydrogen) atoms. The summed E-state index contributed by atoms with van der Waals surface area (Å²) >= 11 is 0. The molecule has 0 saturated heterocycles. The van der Waals surface area contributed by atoms with Crippen LogP contribution in [0, 0.1) is 13.8 Å². The zero-order chi connectivity index (χ0) is 15.6. The Balaban J connectivity index is 2.25. The predicted octanol–water partition coefficient (Wildman–Crippen LogP) is 2.63. The number of aryl methyl sites for hydroxylation is 3. The SMILES string of the molecule is CCc1ncc(S(=O)(=O)NC(C)c2cc(C)ccc2C)[nH]1. The van der Waals surface area contributed by atoms with Gasteiger partial charge in [0.2, 0.25) is 0 Å². The van der Waals surface area contributed by atoms with E-state index in [1.165, 1.54) is 6.20 Å². The third kappa shape index (κ3) is 3.51. The van der Waals surface area contributed by atoms with Crippen LogP contribution in [0.4, 0.5) is 0 Å². The smallest absolute Gasteiger partial charge is 0.258 e. The van der Waals surface area contributed by atoms with Crippen LogP contribution in [0.2, 0.25) is 0 Å². The standard InChI is InChI=1S/C15H21N3O2S/c1-5-14-16-9-15(17-14)21(19,20)18-12(4)13-8-10(2)6-7-11(13)3/h6-9,12,18H,5H2,1-4H3,(H,16,17). The van der Waals surface area contributed by atoms with E-state index in [0.29, 0.717) is 12.2 Å². The zero-order valence-electron chi connectivity index (χ0n) is 12.8. The van der Waals surface area contributed by atoms with E-state index in [4.69, 9.17) is 0 Å². The molecule has 1 aromatic heterocycles. The van der Waals surface area contributed by atoms with Gasteiger partial charge in [0.25, 0.3) is 10.0 Å². The zero-order valence-corrected chi connectivity index (χ0v) is 13.6. The minimum atomic E-state index is -3.59. The van der Waals surface area contributed by atoms with E-state index in [1.54, 1.807) is 0 Å². The second kappa shape index (κ2) is 5.99. The van der Waals surface area contributed by atoms with Crippen molar-refractivity contribution >= 4 is 10.0 Å². The molecule has 5 nitrogen and oxygen atoms in total. The Kier molecular flexibility index (Phi) is 4.49. The minimum absolute atomic E-state index is 0.108. The minimum Gasteiger partial charge on any atom is -0.332 e. The summed E-state index contributed by atoms with van der Waals surface area (Å²) in [5.74, 6) is 0.662. The van der Waals surface area contributed by atoms with Gasteiger partial charge in [0.15, 0.2) is 5.03 Å². The summed E-state index contributed by atoms with van der Waals surface area (Å²) in [7, 11) is -3.59. The summed E-state index contributed by atoms with van der Waals surface area (Å²) in [5.41, 5.74) is 3.15. The van der Waals surface area contributed by atoms with Gasteiger partial charge in [-0.05, 0) is 31.9 Å². The maximum absolute atomic E-state index is 12.4. The summed E-state index contributed by atoms with van der Waals surface area (Å²) < 4.78 is 27.4. The molecule has 0 bridgehead atoms. The highest BCUT2D eigenvalue weighted by Gasteiger charge is 2.21. The molecule has 0 radical (unpaired) electrons. The molecule has 2 N–H and O–H groups in total. The molecule has 0 fully saturated rings. The molecule has 2 aromatic rings. The van der Waals surface area contributed by atoms with Crippen molar-refractivity contribution in [1.29, 1.82) is 0 Å². The summed E-state index contributed by atoms with van der Waals surface area (Å²) in [5, 5.41) is 0.108. The van der Waals surface area contributed by atoms with Crippen LogP contribution in [0.25, 0.3) is 0 Å².